The van der Waals surface area contributed by atoms with Gasteiger partial charge in [0.15, 0.2) is 0 Å². The van der Waals surface area contributed by atoms with Gasteiger partial charge >= 0.3 is 0 Å². The standard InChI is InChI=1S/C9H20ClNO3S/c1-9(2,3)8(4-6-12)11-15(13,14)7-5-10/h8,11-12H,4-7H2,1-3H3. The summed E-state index contributed by atoms with van der Waals surface area (Å²) in [6.07, 6.45) is 0.408. The largest absolute Gasteiger partial charge is 0.396 e. The number of rotatable bonds is 6. The molecule has 0 saturated heterocycles. The van der Waals surface area contributed by atoms with Gasteiger partial charge in [0.25, 0.3) is 0 Å². The van der Waals surface area contributed by atoms with E-state index in [9.17, 15) is 8.42 Å². The molecule has 1 unspecified atom stereocenters. The lowest BCUT2D eigenvalue weighted by molar-refractivity contribution is 0.214. The van der Waals surface area contributed by atoms with Gasteiger partial charge in [0.1, 0.15) is 0 Å². The lowest BCUT2D eigenvalue weighted by Gasteiger charge is -2.30. The predicted molar refractivity (Wildman–Crippen MR) is 62.6 cm³/mol. The summed E-state index contributed by atoms with van der Waals surface area (Å²) in [4.78, 5) is 0. The third-order valence-electron chi connectivity index (χ3n) is 2.13. The third kappa shape index (κ3) is 6.35. The van der Waals surface area contributed by atoms with Crippen LogP contribution in [-0.4, -0.2) is 37.8 Å². The summed E-state index contributed by atoms with van der Waals surface area (Å²) < 4.78 is 25.5. The molecule has 4 nitrogen and oxygen atoms in total. The van der Waals surface area contributed by atoms with Gasteiger partial charge in [0.2, 0.25) is 10.0 Å². The number of sulfonamides is 1. The highest BCUT2D eigenvalue weighted by molar-refractivity contribution is 7.89. The van der Waals surface area contributed by atoms with Crippen LogP contribution >= 0.6 is 11.6 Å². The van der Waals surface area contributed by atoms with E-state index < -0.39 is 10.0 Å². The smallest absolute Gasteiger partial charge is 0.213 e. The Morgan fingerprint density at radius 1 is 1.40 bits per heavy atom. The van der Waals surface area contributed by atoms with Crippen molar-refractivity contribution in [1.82, 2.24) is 4.72 Å². The summed E-state index contributed by atoms with van der Waals surface area (Å²) in [6, 6.07) is -0.268. The Labute approximate surface area is 97.1 Å². The van der Waals surface area contributed by atoms with Crippen molar-refractivity contribution in [1.29, 1.82) is 0 Å². The van der Waals surface area contributed by atoms with E-state index in [2.05, 4.69) is 4.72 Å². The molecule has 15 heavy (non-hydrogen) atoms. The predicted octanol–water partition coefficient (Wildman–Crippen LogP) is 0.942. The first-order chi connectivity index (χ1) is 6.73. The minimum Gasteiger partial charge on any atom is -0.396 e. The van der Waals surface area contributed by atoms with Gasteiger partial charge < -0.3 is 5.11 Å². The molecule has 92 valence electrons. The van der Waals surface area contributed by atoms with Crippen LogP contribution < -0.4 is 4.72 Å². The molecule has 0 aromatic carbocycles. The van der Waals surface area contributed by atoms with E-state index in [1.54, 1.807) is 0 Å². The van der Waals surface area contributed by atoms with Crippen molar-refractivity contribution in [3.63, 3.8) is 0 Å². The van der Waals surface area contributed by atoms with Gasteiger partial charge in [-0.3, -0.25) is 0 Å². The number of alkyl halides is 1. The Bertz CT molecular complexity index is 272. The van der Waals surface area contributed by atoms with E-state index in [0.717, 1.165) is 0 Å². The average Bonchev–Trinajstić information content (AvgIpc) is 2.01. The molecule has 0 spiro atoms. The van der Waals surface area contributed by atoms with E-state index >= 15 is 0 Å². The van der Waals surface area contributed by atoms with Crippen LogP contribution in [0.3, 0.4) is 0 Å². The number of hydrogen-bond acceptors (Lipinski definition) is 3. The lowest BCUT2D eigenvalue weighted by atomic mass is 9.86. The first-order valence-electron chi connectivity index (χ1n) is 4.90. The summed E-state index contributed by atoms with van der Waals surface area (Å²) in [5, 5.41) is 8.87. The Kier molecular flexibility index (Phi) is 6.10. The zero-order valence-corrected chi connectivity index (χ0v) is 11.0. The molecule has 6 heteroatoms. The maximum absolute atomic E-state index is 11.5. The van der Waals surface area contributed by atoms with Crippen molar-refractivity contribution in [3.8, 4) is 0 Å². The van der Waals surface area contributed by atoms with Crippen LogP contribution in [0.1, 0.15) is 27.2 Å². The SMILES string of the molecule is CC(C)(C)C(CCO)NS(=O)(=O)CCCl. The molecule has 2 N–H and O–H groups in total. The fourth-order valence-electron chi connectivity index (χ4n) is 1.18. The molecule has 0 saturated carbocycles. The van der Waals surface area contributed by atoms with Crippen LogP contribution in [0.4, 0.5) is 0 Å². The molecule has 0 aromatic rings. The van der Waals surface area contributed by atoms with Gasteiger partial charge in [0.05, 0.1) is 5.75 Å². The molecule has 0 aromatic heterocycles. The maximum Gasteiger partial charge on any atom is 0.213 e. The van der Waals surface area contributed by atoms with Crippen molar-refractivity contribution in [2.45, 2.75) is 33.2 Å². The number of aliphatic hydroxyl groups is 1. The van der Waals surface area contributed by atoms with E-state index in [1.165, 1.54) is 0 Å². The van der Waals surface area contributed by atoms with E-state index in [-0.39, 0.29) is 29.7 Å². The highest BCUT2D eigenvalue weighted by Gasteiger charge is 2.27. The molecule has 0 bridgehead atoms. The minimum absolute atomic E-state index is 0.0364. The van der Waals surface area contributed by atoms with Crippen LogP contribution in [0.2, 0.25) is 0 Å². The Morgan fingerprint density at radius 2 is 1.93 bits per heavy atom. The van der Waals surface area contributed by atoms with Gasteiger partial charge in [-0.05, 0) is 11.8 Å². The second-order valence-corrected chi connectivity index (χ2v) is 6.81. The number of halogens is 1. The zero-order chi connectivity index (χ0) is 12.1. The molecule has 0 heterocycles. The fraction of sp³-hybridized carbons (Fsp3) is 1.00. The molecular weight excluding hydrogens is 238 g/mol. The highest BCUT2D eigenvalue weighted by Crippen LogP contribution is 2.22. The molecule has 0 rings (SSSR count). The molecule has 0 fully saturated rings. The quantitative estimate of drug-likeness (QED) is 0.696. The maximum atomic E-state index is 11.5. The van der Waals surface area contributed by atoms with Gasteiger partial charge in [-0.15, -0.1) is 11.6 Å². The zero-order valence-electron chi connectivity index (χ0n) is 9.46. The molecule has 0 aliphatic heterocycles. The van der Waals surface area contributed by atoms with Crippen LogP contribution in [0.5, 0.6) is 0 Å². The summed E-state index contributed by atoms with van der Waals surface area (Å²) in [5.41, 5.74) is -0.220. The van der Waals surface area contributed by atoms with Gasteiger partial charge in [-0.25, -0.2) is 13.1 Å². The minimum atomic E-state index is -3.33. The Balaban J connectivity index is 4.55. The molecule has 0 amide bonds. The van der Waals surface area contributed by atoms with E-state index in [1.807, 2.05) is 20.8 Å². The van der Waals surface area contributed by atoms with Crippen molar-refractivity contribution >= 4 is 21.6 Å². The average molecular weight is 258 g/mol. The lowest BCUT2D eigenvalue weighted by Crippen LogP contribution is -2.45. The van der Waals surface area contributed by atoms with Gasteiger partial charge in [0, 0.05) is 18.5 Å². The van der Waals surface area contributed by atoms with E-state index in [0.29, 0.717) is 6.42 Å². The monoisotopic (exact) mass is 257 g/mol. The number of aliphatic hydroxyl groups excluding tert-OH is 1. The first-order valence-corrected chi connectivity index (χ1v) is 7.08. The topological polar surface area (TPSA) is 66.4 Å². The van der Waals surface area contributed by atoms with Crippen LogP contribution in [0, 0.1) is 5.41 Å². The van der Waals surface area contributed by atoms with Crippen molar-refractivity contribution in [2.75, 3.05) is 18.2 Å². The van der Waals surface area contributed by atoms with Crippen molar-refractivity contribution < 1.29 is 13.5 Å². The van der Waals surface area contributed by atoms with Crippen LogP contribution in [-0.2, 0) is 10.0 Å². The summed E-state index contributed by atoms with van der Waals surface area (Å²) in [6.45, 7) is 5.74. The second kappa shape index (κ2) is 6.03. The Morgan fingerprint density at radius 3 is 2.27 bits per heavy atom. The molecular formula is C9H20ClNO3S. The second-order valence-electron chi connectivity index (χ2n) is 4.56. The number of nitrogens with one attached hydrogen (secondary N) is 1. The van der Waals surface area contributed by atoms with Crippen molar-refractivity contribution in [2.24, 2.45) is 5.41 Å². The van der Waals surface area contributed by atoms with Crippen LogP contribution in [0.15, 0.2) is 0 Å². The van der Waals surface area contributed by atoms with Gasteiger partial charge in [-0.2, -0.15) is 0 Å². The highest BCUT2D eigenvalue weighted by atomic mass is 35.5. The van der Waals surface area contributed by atoms with E-state index in [4.69, 9.17) is 16.7 Å². The number of hydrogen-bond donors (Lipinski definition) is 2. The molecule has 0 aliphatic rings. The summed E-state index contributed by atoms with van der Waals surface area (Å²) >= 11 is 5.39. The fourth-order valence-corrected chi connectivity index (χ4v) is 3.01. The third-order valence-corrected chi connectivity index (χ3v) is 3.93. The van der Waals surface area contributed by atoms with Crippen LogP contribution in [0.25, 0.3) is 0 Å². The Hall–Kier alpha value is 0.160. The first kappa shape index (κ1) is 15.2. The molecule has 0 radical (unpaired) electrons. The van der Waals surface area contributed by atoms with Gasteiger partial charge in [-0.1, -0.05) is 20.8 Å². The summed E-state index contributed by atoms with van der Waals surface area (Å²) in [7, 11) is -3.33. The summed E-state index contributed by atoms with van der Waals surface area (Å²) in [5.74, 6) is -0.0160. The van der Waals surface area contributed by atoms with Crippen molar-refractivity contribution in [3.05, 3.63) is 0 Å². The molecule has 0 aliphatic carbocycles. The molecule has 1 atom stereocenters. The normalized spacial score (nSPS) is 15.3.